The monoisotopic (exact) mass is 352 g/mol. The Labute approximate surface area is 144 Å². The zero-order valence-electron chi connectivity index (χ0n) is 12.9. The van der Waals surface area contributed by atoms with E-state index in [9.17, 15) is 18.9 Å². The minimum absolute atomic E-state index is 0.0941. The van der Waals surface area contributed by atoms with Crippen LogP contribution >= 0.6 is 0 Å². The van der Waals surface area contributed by atoms with Crippen molar-refractivity contribution >= 4 is 9.84 Å². The molecule has 124 valence electrons. The third kappa shape index (κ3) is 2.10. The molecule has 1 aliphatic heterocycles. The maximum atomic E-state index is 13.0. The van der Waals surface area contributed by atoms with Crippen molar-refractivity contribution in [1.82, 2.24) is 0 Å². The van der Waals surface area contributed by atoms with E-state index in [2.05, 4.69) is 0 Å². The Hall–Kier alpha value is -3.03. The normalized spacial score (nSPS) is 22.6. The first-order valence-electron chi connectivity index (χ1n) is 7.55. The van der Waals surface area contributed by atoms with Crippen LogP contribution in [0.2, 0.25) is 0 Å². The van der Waals surface area contributed by atoms with Gasteiger partial charge in [0.1, 0.15) is 5.25 Å². The van der Waals surface area contributed by atoms with E-state index < -0.39 is 26.4 Å². The van der Waals surface area contributed by atoms with Gasteiger partial charge in [0.2, 0.25) is 6.79 Å². The number of hydrogen-bond donors (Lipinski definition) is 0. The van der Waals surface area contributed by atoms with Gasteiger partial charge in [-0.2, -0.15) is 10.5 Å². The van der Waals surface area contributed by atoms with Gasteiger partial charge < -0.3 is 9.47 Å². The summed E-state index contributed by atoms with van der Waals surface area (Å²) in [5.41, 5.74) is -1.03. The molecule has 2 aliphatic rings. The minimum Gasteiger partial charge on any atom is -0.454 e. The molecule has 1 fully saturated rings. The van der Waals surface area contributed by atoms with Crippen LogP contribution in [-0.4, -0.2) is 20.5 Å². The largest absolute Gasteiger partial charge is 0.454 e. The van der Waals surface area contributed by atoms with E-state index in [-0.39, 0.29) is 11.7 Å². The fraction of sp³-hybridized carbons (Fsp3) is 0.222. The van der Waals surface area contributed by atoms with Gasteiger partial charge >= 0.3 is 0 Å². The van der Waals surface area contributed by atoms with Crippen LogP contribution in [0.4, 0.5) is 0 Å². The second-order valence-electron chi connectivity index (χ2n) is 5.96. The fourth-order valence-corrected chi connectivity index (χ4v) is 5.60. The van der Waals surface area contributed by atoms with Crippen LogP contribution in [0.3, 0.4) is 0 Å². The molecular formula is C18H12N2O4S. The van der Waals surface area contributed by atoms with Gasteiger partial charge in [0.05, 0.1) is 17.0 Å². The van der Waals surface area contributed by atoms with Crippen molar-refractivity contribution in [3.05, 3.63) is 54.1 Å². The van der Waals surface area contributed by atoms with Crippen molar-refractivity contribution in [3.63, 3.8) is 0 Å². The van der Waals surface area contributed by atoms with Crippen LogP contribution in [0.5, 0.6) is 11.5 Å². The average molecular weight is 352 g/mol. The van der Waals surface area contributed by atoms with Crippen LogP contribution in [0.1, 0.15) is 11.5 Å². The quantitative estimate of drug-likeness (QED) is 0.841. The van der Waals surface area contributed by atoms with Gasteiger partial charge in [-0.15, -0.1) is 0 Å². The standard InChI is InChI=1S/C18H12N2O4S/c19-9-18(10-20)16(12-6-7-14-15(8-12)24-11-23-14)17(18)25(21,22)13-4-2-1-3-5-13/h1-8,16-17H,11H2/t16-,17-/m0/s1. The summed E-state index contributed by atoms with van der Waals surface area (Å²) in [6.07, 6.45) is 0. The summed E-state index contributed by atoms with van der Waals surface area (Å²) in [4.78, 5) is 0.109. The number of hydrogen-bond acceptors (Lipinski definition) is 6. The molecule has 1 heterocycles. The van der Waals surface area contributed by atoms with Crippen molar-refractivity contribution in [3.8, 4) is 23.6 Å². The lowest BCUT2D eigenvalue weighted by atomic mass is 10.0. The molecule has 2 aromatic rings. The molecule has 1 saturated carbocycles. The Bertz CT molecular complexity index is 1020. The molecule has 25 heavy (non-hydrogen) atoms. The van der Waals surface area contributed by atoms with Crippen LogP contribution < -0.4 is 9.47 Å². The minimum atomic E-state index is -3.83. The Balaban J connectivity index is 1.80. The van der Waals surface area contributed by atoms with Crippen molar-refractivity contribution in [1.29, 1.82) is 10.5 Å². The summed E-state index contributed by atoms with van der Waals surface area (Å²) < 4.78 is 36.5. The Morgan fingerprint density at radius 2 is 1.68 bits per heavy atom. The molecule has 0 bridgehead atoms. The lowest BCUT2D eigenvalue weighted by Gasteiger charge is -2.04. The van der Waals surface area contributed by atoms with Crippen LogP contribution in [0.25, 0.3) is 0 Å². The smallest absolute Gasteiger partial charge is 0.231 e. The predicted molar refractivity (Wildman–Crippen MR) is 86.4 cm³/mol. The van der Waals surface area contributed by atoms with E-state index >= 15 is 0 Å². The lowest BCUT2D eigenvalue weighted by Crippen LogP contribution is -2.14. The van der Waals surface area contributed by atoms with Crippen molar-refractivity contribution < 1.29 is 17.9 Å². The van der Waals surface area contributed by atoms with E-state index in [1.807, 2.05) is 12.1 Å². The highest BCUT2D eigenvalue weighted by atomic mass is 32.2. The van der Waals surface area contributed by atoms with Crippen molar-refractivity contribution in [2.75, 3.05) is 6.79 Å². The van der Waals surface area contributed by atoms with Gasteiger partial charge in [0.15, 0.2) is 26.8 Å². The van der Waals surface area contributed by atoms with E-state index in [0.29, 0.717) is 17.1 Å². The Morgan fingerprint density at radius 1 is 1.00 bits per heavy atom. The van der Waals surface area contributed by atoms with Crippen LogP contribution in [0, 0.1) is 28.1 Å². The van der Waals surface area contributed by atoms with E-state index in [1.54, 1.807) is 36.4 Å². The highest BCUT2D eigenvalue weighted by molar-refractivity contribution is 7.92. The molecule has 0 unspecified atom stereocenters. The van der Waals surface area contributed by atoms with Gasteiger partial charge in [0.25, 0.3) is 0 Å². The number of fused-ring (bicyclic) bond motifs is 1. The van der Waals surface area contributed by atoms with E-state index in [4.69, 9.17) is 9.47 Å². The van der Waals surface area contributed by atoms with E-state index in [0.717, 1.165) is 0 Å². The summed E-state index contributed by atoms with van der Waals surface area (Å²) in [7, 11) is -3.83. The topological polar surface area (TPSA) is 100 Å². The number of nitrogens with zero attached hydrogens (tertiary/aromatic N) is 2. The van der Waals surface area contributed by atoms with Gasteiger partial charge in [-0.3, -0.25) is 0 Å². The number of sulfone groups is 1. The van der Waals surface area contributed by atoms with Crippen molar-refractivity contribution in [2.24, 2.45) is 5.41 Å². The maximum Gasteiger partial charge on any atom is 0.231 e. The van der Waals surface area contributed by atoms with Crippen LogP contribution in [-0.2, 0) is 9.84 Å². The third-order valence-corrected chi connectivity index (χ3v) is 6.91. The van der Waals surface area contributed by atoms with Gasteiger partial charge in [0, 0.05) is 5.92 Å². The first-order chi connectivity index (χ1) is 12.0. The molecule has 4 rings (SSSR count). The SMILES string of the molecule is N#CC1(C#N)[C@@H](c2ccc3c(c2)OCO3)[C@@H]1S(=O)(=O)c1ccccc1. The Morgan fingerprint density at radius 3 is 2.36 bits per heavy atom. The van der Waals surface area contributed by atoms with E-state index in [1.165, 1.54) is 12.1 Å². The summed E-state index contributed by atoms with van der Waals surface area (Å²) >= 11 is 0. The molecule has 0 N–H and O–H groups in total. The Kier molecular flexibility index (Phi) is 3.24. The number of benzene rings is 2. The predicted octanol–water partition coefficient (Wildman–Crippen LogP) is 2.39. The number of nitriles is 2. The molecule has 2 aromatic carbocycles. The first kappa shape index (κ1) is 15.5. The summed E-state index contributed by atoms with van der Waals surface area (Å²) in [6.45, 7) is 0.0941. The summed E-state index contributed by atoms with van der Waals surface area (Å²) in [5.74, 6) is 0.318. The van der Waals surface area contributed by atoms with Gasteiger partial charge in [-0.25, -0.2) is 8.42 Å². The molecule has 0 aromatic heterocycles. The molecule has 0 amide bonds. The second kappa shape index (κ2) is 5.23. The highest BCUT2D eigenvalue weighted by Crippen LogP contribution is 2.64. The number of rotatable bonds is 3. The highest BCUT2D eigenvalue weighted by Gasteiger charge is 2.73. The molecule has 0 saturated heterocycles. The molecule has 6 nitrogen and oxygen atoms in total. The summed E-state index contributed by atoms with van der Waals surface area (Å²) in [6, 6.07) is 16.8. The first-order valence-corrected chi connectivity index (χ1v) is 9.10. The lowest BCUT2D eigenvalue weighted by molar-refractivity contribution is 0.174. The molecule has 7 heteroatoms. The maximum absolute atomic E-state index is 13.0. The molecule has 1 aliphatic carbocycles. The fourth-order valence-electron chi connectivity index (χ4n) is 3.37. The zero-order valence-corrected chi connectivity index (χ0v) is 13.7. The second-order valence-corrected chi connectivity index (χ2v) is 8.03. The van der Waals surface area contributed by atoms with Crippen LogP contribution in [0.15, 0.2) is 53.4 Å². The molecule has 0 spiro atoms. The third-order valence-electron chi connectivity index (χ3n) is 4.66. The molecule has 0 radical (unpaired) electrons. The number of ether oxygens (including phenoxy) is 2. The van der Waals surface area contributed by atoms with Crippen molar-refractivity contribution in [2.45, 2.75) is 16.1 Å². The van der Waals surface area contributed by atoms with Gasteiger partial charge in [-0.1, -0.05) is 24.3 Å². The summed E-state index contributed by atoms with van der Waals surface area (Å²) in [5, 5.41) is 18.0. The molecular weight excluding hydrogens is 340 g/mol. The van der Waals surface area contributed by atoms with Gasteiger partial charge in [-0.05, 0) is 29.8 Å². The average Bonchev–Trinajstić information content (AvgIpc) is 3.12. The zero-order chi connectivity index (χ0) is 17.7. The molecule has 2 atom stereocenters.